The number of carbonyl (C=O) groups excluding carboxylic acids is 1. The normalized spacial score (nSPS) is 12.5. The van der Waals surface area contributed by atoms with Gasteiger partial charge in [-0.05, 0) is 0 Å². The number of benzene rings is 5. The van der Waals surface area contributed by atoms with Crippen molar-refractivity contribution in [1.29, 1.82) is 0 Å². The van der Waals surface area contributed by atoms with E-state index in [0.717, 1.165) is 26.8 Å². The fourth-order valence-corrected chi connectivity index (χ4v) is 12.6. The molecular formula is C34H31OP. The second kappa shape index (κ2) is 9.34. The molecule has 0 saturated carbocycles. The molecule has 0 atom stereocenters. The van der Waals surface area contributed by atoms with Crippen LogP contribution in [0.4, 0.5) is 0 Å². The Morgan fingerprint density at radius 2 is 0.861 bits per heavy atom. The van der Waals surface area contributed by atoms with Crippen LogP contribution in [-0.2, 0) is 0 Å². The molecule has 178 valence electrons. The molecule has 1 nitrogen and oxygen atoms in total. The molecule has 0 aliphatic carbocycles. The van der Waals surface area contributed by atoms with Crippen molar-refractivity contribution in [3.8, 4) is 0 Å². The molecule has 0 aromatic heterocycles. The zero-order chi connectivity index (χ0) is 25.2. The van der Waals surface area contributed by atoms with Gasteiger partial charge < -0.3 is 0 Å². The quantitative estimate of drug-likeness (QED) is 0.247. The van der Waals surface area contributed by atoms with E-state index in [0.29, 0.717) is 0 Å². The maximum absolute atomic E-state index is 15.6. The molecule has 0 spiro atoms. The summed E-state index contributed by atoms with van der Waals surface area (Å²) in [5, 5.41) is 4.28. The van der Waals surface area contributed by atoms with Crippen LogP contribution in [0.25, 0.3) is 0 Å². The zero-order valence-corrected chi connectivity index (χ0v) is 22.0. The van der Waals surface area contributed by atoms with Crippen LogP contribution in [0.3, 0.4) is 0 Å². The van der Waals surface area contributed by atoms with Crippen molar-refractivity contribution in [2.75, 3.05) is 0 Å². The van der Waals surface area contributed by atoms with Crippen LogP contribution in [0.15, 0.2) is 133 Å². The molecule has 0 heterocycles. The second-order valence-electron chi connectivity index (χ2n) is 9.45. The molecular weight excluding hydrogens is 455 g/mol. The fraction of sp³-hybridized carbons (Fsp3) is 0.0882. The van der Waals surface area contributed by atoms with Crippen molar-refractivity contribution in [1.82, 2.24) is 0 Å². The summed E-state index contributed by atoms with van der Waals surface area (Å²) < 4.78 is 0. The molecule has 0 fully saturated rings. The first kappa shape index (κ1) is 23.9. The van der Waals surface area contributed by atoms with E-state index in [4.69, 9.17) is 0 Å². The molecule has 5 aromatic rings. The van der Waals surface area contributed by atoms with Crippen LogP contribution >= 0.6 is 6.60 Å². The summed E-state index contributed by atoms with van der Waals surface area (Å²) in [5.41, 5.74) is 4.52. The first-order valence-corrected chi connectivity index (χ1v) is 14.6. The van der Waals surface area contributed by atoms with Crippen molar-refractivity contribution in [2.45, 2.75) is 20.8 Å². The zero-order valence-electron chi connectivity index (χ0n) is 21.1. The third-order valence-corrected chi connectivity index (χ3v) is 14.3. The van der Waals surface area contributed by atoms with E-state index in [9.17, 15) is 0 Å². The van der Waals surface area contributed by atoms with Gasteiger partial charge in [-0.2, -0.15) is 0 Å². The fourth-order valence-electron chi connectivity index (χ4n) is 5.77. The standard InChI is InChI=1S/C34H31OP/c1-26-24-25-33(28(3)27(26)2)36(30-18-10-5-11-19-30,31-20-12-6-13-21-31,32-22-14-7-15-23-32)34(35)29-16-8-4-9-17-29/h4-25H,1-3H3. The summed E-state index contributed by atoms with van der Waals surface area (Å²) in [6, 6.07) is 45.7. The van der Waals surface area contributed by atoms with Crippen LogP contribution in [0, 0.1) is 20.8 Å². The maximum atomic E-state index is 15.6. The Hall–Kier alpha value is -3.80. The van der Waals surface area contributed by atoms with Crippen molar-refractivity contribution < 1.29 is 4.79 Å². The molecule has 36 heavy (non-hydrogen) atoms. The van der Waals surface area contributed by atoms with E-state index in [-0.39, 0.29) is 5.52 Å². The minimum absolute atomic E-state index is 0.163. The molecule has 0 bridgehead atoms. The van der Waals surface area contributed by atoms with Gasteiger partial charge in [0.15, 0.2) is 0 Å². The monoisotopic (exact) mass is 486 g/mol. The van der Waals surface area contributed by atoms with Gasteiger partial charge in [-0.15, -0.1) is 0 Å². The van der Waals surface area contributed by atoms with Crippen molar-refractivity contribution in [3.05, 3.63) is 156 Å². The Kier molecular flexibility index (Phi) is 6.20. The van der Waals surface area contributed by atoms with Crippen LogP contribution in [0.5, 0.6) is 0 Å². The molecule has 5 aromatic carbocycles. The van der Waals surface area contributed by atoms with Crippen LogP contribution in [0.1, 0.15) is 27.0 Å². The van der Waals surface area contributed by atoms with E-state index < -0.39 is 6.60 Å². The first-order chi connectivity index (χ1) is 17.5. The van der Waals surface area contributed by atoms with Gasteiger partial charge in [-0.25, -0.2) is 0 Å². The number of hydrogen-bond donors (Lipinski definition) is 0. The van der Waals surface area contributed by atoms with Gasteiger partial charge in [0, 0.05) is 0 Å². The molecule has 0 aliphatic rings. The number of aryl methyl sites for hydroxylation is 1. The summed E-state index contributed by atoms with van der Waals surface area (Å²) >= 11 is 0. The van der Waals surface area contributed by atoms with Gasteiger partial charge in [0.1, 0.15) is 0 Å². The Morgan fingerprint density at radius 3 is 1.28 bits per heavy atom. The van der Waals surface area contributed by atoms with Gasteiger partial charge in [-0.3, -0.25) is 0 Å². The van der Waals surface area contributed by atoms with Gasteiger partial charge in [0.05, 0.1) is 0 Å². The molecule has 0 N–H and O–H groups in total. The van der Waals surface area contributed by atoms with Crippen molar-refractivity contribution >= 4 is 33.3 Å². The Balaban J connectivity index is 2.16. The Bertz CT molecular complexity index is 1410. The Labute approximate surface area is 214 Å². The van der Waals surface area contributed by atoms with Crippen LogP contribution < -0.4 is 21.2 Å². The number of rotatable bonds is 6. The molecule has 0 amide bonds. The molecule has 5 rings (SSSR count). The SMILES string of the molecule is Cc1ccc(P(C(=O)c2ccccc2)(c2ccccc2)(c2ccccc2)c2ccccc2)c(C)c1C. The third kappa shape index (κ3) is 3.24. The van der Waals surface area contributed by atoms with Gasteiger partial charge >= 0.3 is 215 Å². The van der Waals surface area contributed by atoms with E-state index >= 15 is 4.79 Å². The predicted octanol–water partition coefficient (Wildman–Crippen LogP) is 6.61. The average Bonchev–Trinajstić information content (AvgIpc) is 2.95. The predicted molar refractivity (Wildman–Crippen MR) is 156 cm³/mol. The van der Waals surface area contributed by atoms with E-state index in [1.54, 1.807) is 0 Å². The molecule has 0 radical (unpaired) electrons. The van der Waals surface area contributed by atoms with E-state index in [1.165, 1.54) is 16.7 Å². The first-order valence-electron chi connectivity index (χ1n) is 12.4. The molecule has 0 saturated heterocycles. The van der Waals surface area contributed by atoms with E-state index in [1.807, 2.05) is 48.5 Å². The summed E-state index contributed by atoms with van der Waals surface area (Å²) in [4.78, 5) is 15.6. The number of hydrogen-bond acceptors (Lipinski definition) is 1. The van der Waals surface area contributed by atoms with Gasteiger partial charge in [0.2, 0.25) is 0 Å². The van der Waals surface area contributed by atoms with Crippen LogP contribution in [0.2, 0.25) is 0 Å². The second-order valence-corrected chi connectivity index (χ2v) is 14.1. The molecule has 2 heteroatoms. The van der Waals surface area contributed by atoms with Crippen molar-refractivity contribution in [2.24, 2.45) is 0 Å². The van der Waals surface area contributed by atoms with Gasteiger partial charge in [-0.1, -0.05) is 0 Å². The summed E-state index contributed by atoms with van der Waals surface area (Å²) in [6.07, 6.45) is 0. The number of carbonyl (C=O) groups is 1. The third-order valence-electron chi connectivity index (χ3n) is 7.76. The van der Waals surface area contributed by atoms with Gasteiger partial charge in [0.25, 0.3) is 0 Å². The molecule has 0 unspecified atom stereocenters. The van der Waals surface area contributed by atoms with Crippen molar-refractivity contribution in [3.63, 3.8) is 0 Å². The van der Waals surface area contributed by atoms with E-state index in [2.05, 4.69) is 106 Å². The topological polar surface area (TPSA) is 17.1 Å². The summed E-state index contributed by atoms with van der Waals surface area (Å²) in [6.45, 7) is 2.53. The average molecular weight is 487 g/mol. The summed E-state index contributed by atoms with van der Waals surface area (Å²) in [7, 11) is 0. The molecule has 0 aliphatic heterocycles. The Morgan fingerprint density at radius 1 is 0.472 bits per heavy atom. The minimum atomic E-state index is -3.97. The van der Waals surface area contributed by atoms with Crippen LogP contribution in [-0.4, -0.2) is 5.52 Å². The summed E-state index contributed by atoms with van der Waals surface area (Å²) in [5.74, 6) is 0.